The summed E-state index contributed by atoms with van der Waals surface area (Å²) in [6.45, 7) is 3.06. The highest BCUT2D eigenvalue weighted by atomic mass is 35.5. The van der Waals surface area contributed by atoms with E-state index in [2.05, 4.69) is 5.16 Å². The van der Waals surface area contributed by atoms with E-state index in [9.17, 15) is 9.59 Å². The van der Waals surface area contributed by atoms with Gasteiger partial charge in [-0.25, -0.2) is 0 Å². The Balaban J connectivity index is 1.95. The largest absolute Gasteiger partial charge is 0.457 e. The Hall–Kier alpha value is -1.85. The van der Waals surface area contributed by atoms with Gasteiger partial charge in [0.05, 0.1) is 17.1 Å². The van der Waals surface area contributed by atoms with Crippen LogP contribution in [0, 0.1) is 13.8 Å². The van der Waals surface area contributed by atoms with Crippen LogP contribution in [0.25, 0.3) is 0 Å². The van der Waals surface area contributed by atoms with Gasteiger partial charge >= 0.3 is 5.97 Å². The number of rotatable bonds is 5. The summed E-state index contributed by atoms with van der Waals surface area (Å²) in [7, 11) is 0. The first-order valence-electron chi connectivity index (χ1n) is 6.44. The monoisotopic (exact) mass is 341 g/mol. The topological polar surface area (TPSA) is 69.4 Å². The number of carbonyl (C=O) groups is 2. The highest BCUT2D eigenvalue weighted by Crippen LogP contribution is 2.21. The summed E-state index contributed by atoms with van der Waals surface area (Å²) in [5.74, 6) is -0.372. The Kier molecular flexibility index (Phi) is 5.21. The van der Waals surface area contributed by atoms with Gasteiger partial charge in [-0.2, -0.15) is 0 Å². The van der Waals surface area contributed by atoms with Crippen molar-refractivity contribution < 1.29 is 18.8 Å². The number of ketones is 1. The molecule has 0 saturated carbocycles. The van der Waals surface area contributed by atoms with Gasteiger partial charge in [0, 0.05) is 16.1 Å². The number of ether oxygens (including phenoxy) is 1. The summed E-state index contributed by atoms with van der Waals surface area (Å²) < 4.78 is 9.94. The Morgan fingerprint density at radius 1 is 1.27 bits per heavy atom. The van der Waals surface area contributed by atoms with E-state index in [0.29, 0.717) is 22.0 Å². The third kappa shape index (κ3) is 3.87. The van der Waals surface area contributed by atoms with Gasteiger partial charge in [0.25, 0.3) is 0 Å². The lowest BCUT2D eigenvalue weighted by molar-refractivity contribution is -0.141. The van der Waals surface area contributed by atoms with Gasteiger partial charge in [-0.15, -0.1) is 0 Å². The van der Waals surface area contributed by atoms with Crippen molar-refractivity contribution in [3.05, 3.63) is 50.8 Å². The van der Waals surface area contributed by atoms with E-state index in [4.69, 9.17) is 32.5 Å². The first kappa shape index (κ1) is 16.5. The SMILES string of the molecule is Cc1noc(C)c1CC(=O)OCC(=O)c1ccc(Cl)cc1Cl. The van der Waals surface area contributed by atoms with Crippen molar-refractivity contribution in [2.24, 2.45) is 0 Å². The summed E-state index contributed by atoms with van der Waals surface area (Å²) >= 11 is 11.7. The van der Waals surface area contributed by atoms with Crippen molar-refractivity contribution in [1.82, 2.24) is 5.16 Å². The van der Waals surface area contributed by atoms with Crippen LogP contribution >= 0.6 is 23.2 Å². The zero-order valence-corrected chi connectivity index (χ0v) is 13.5. The maximum absolute atomic E-state index is 12.0. The highest BCUT2D eigenvalue weighted by Gasteiger charge is 2.17. The Morgan fingerprint density at radius 3 is 2.59 bits per heavy atom. The summed E-state index contributed by atoms with van der Waals surface area (Å²) in [5, 5.41) is 4.40. The average Bonchev–Trinajstić information content (AvgIpc) is 2.76. The lowest BCUT2D eigenvalue weighted by atomic mass is 10.1. The molecule has 0 radical (unpaired) electrons. The molecule has 2 aromatic rings. The molecule has 0 aliphatic rings. The van der Waals surface area contributed by atoms with Crippen LogP contribution in [-0.4, -0.2) is 23.5 Å². The Morgan fingerprint density at radius 2 is 2.00 bits per heavy atom. The number of nitrogens with zero attached hydrogens (tertiary/aromatic N) is 1. The minimum Gasteiger partial charge on any atom is -0.457 e. The number of esters is 1. The van der Waals surface area contributed by atoms with Gasteiger partial charge in [0.2, 0.25) is 5.78 Å². The predicted octanol–water partition coefficient (Wildman–Crippen LogP) is 3.57. The second-order valence-corrected chi connectivity index (χ2v) is 5.53. The van der Waals surface area contributed by atoms with Gasteiger partial charge in [-0.05, 0) is 32.0 Å². The van der Waals surface area contributed by atoms with Crippen LogP contribution in [0.1, 0.15) is 27.4 Å². The molecule has 0 amide bonds. The van der Waals surface area contributed by atoms with E-state index in [1.165, 1.54) is 12.1 Å². The molecule has 1 aromatic carbocycles. The third-order valence-corrected chi connectivity index (χ3v) is 3.65. The molecule has 1 heterocycles. The average molecular weight is 342 g/mol. The van der Waals surface area contributed by atoms with Gasteiger partial charge in [-0.1, -0.05) is 28.4 Å². The number of benzene rings is 1. The summed E-state index contributed by atoms with van der Waals surface area (Å²) in [4.78, 5) is 23.8. The second-order valence-electron chi connectivity index (χ2n) is 4.69. The first-order valence-corrected chi connectivity index (χ1v) is 7.19. The fraction of sp³-hybridized carbons (Fsp3) is 0.267. The Labute approximate surface area is 137 Å². The molecule has 116 valence electrons. The van der Waals surface area contributed by atoms with Crippen LogP contribution in [-0.2, 0) is 16.0 Å². The number of hydrogen-bond donors (Lipinski definition) is 0. The molecule has 7 heteroatoms. The zero-order chi connectivity index (χ0) is 16.3. The van der Waals surface area contributed by atoms with Crippen LogP contribution in [0.2, 0.25) is 10.0 Å². The number of aryl methyl sites for hydroxylation is 2. The number of hydrogen-bond acceptors (Lipinski definition) is 5. The molecule has 2 rings (SSSR count). The van der Waals surface area contributed by atoms with Gasteiger partial charge in [0.15, 0.2) is 6.61 Å². The molecule has 0 N–H and O–H groups in total. The number of carbonyl (C=O) groups excluding carboxylic acids is 2. The lowest BCUT2D eigenvalue weighted by Crippen LogP contribution is -2.16. The van der Waals surface area contributed by atoms with Crippen molar-refractivity contribution in [1.29, 1.82) is 0 Å². The first-order chi connectivity index (χ1) is 10.4. The molecule has 22 heavy (non-hydrogen) atoms. The molecular formula is C15H13Cl2NO4. The number of halogens is 2. The quantitative estimate of drug-likeness (QED) is 0.614. The smallest absolute Gasteiger partial charge is 0.310 e. The van der Waals surface area contributed by atoms with Crippen molar-refractivity contribution in [2.75, 3.05) is 6.61 Å². The second kappa shape index (κ2) is 6.94. The van der Waals surface area contributed by atoms with Crippen LogP contribution in [0.15, 0.2) is 22.7 Å². The number of aromatic nitrogens is 1. The molecule has 5 nitrogen and oxygen atoms in total. The fourth-order valence-electron chi connectivity index (χ4n) is 1.89. The molecule has 0 bridgehead atoms. The maximum atomic E-state index is 12.0. The minimum absolute atomic E-state index is 0.00277. The van der Waals surface area contributed by atoms with Crippen molar-refractivity contribution >= 4 is 35.0 Å². The molecule has 0 aliphatic heterocycles. The van der Waals surface area contributed by atoms with E-state index in [0.717, 1.165) is 0 Å². The van der Waals surface area contributed by atoms with Crippen LogP contribution in [0.5, 0.6) is 0 Å². The highest BCUT2D eigenvalue weighted by molar-refractivity contribution is 6.36. The molecule has 0 saturated heterocycles. The summed E-state index contributed by atoms with van der Waals surface area (Å²) in [6, 6.07) is 4.50. The molecular weight excluding hydrogens is 329 g/mol. The van der Waals surface area contributed by atoms with Gasteiger partial charge in [-0.3, -0.25) is 9.59 Å². The Bertz CT molecular complexity index is 705. The van der Waals surface area contributed by atoms with Crippen molar-refractivity contribution in [3.8, 4) is 0 Å². The van der Waals surface area contributed by atoms with E-state index in [-0.39, 0.29) is 23.6 Å². The maximum Gasteiger partial charge on any atom is 0.310 e. The lowest BCUT2D eigenvalue weighted by Gasteiger charge is -2.06. The third-order valence-electron chi connectivity index (χ3n) is 3.10. The molecule has 1 aromatic heterocycles. The normalized spacial score (nSPS) is 10.5. The van der Waals surface area contributed by atoms with Crippen LogP contribution < -0.4 is 0 Å². The minimum atomic E-state index is -0.534. The van der Waals surface area contributed by atoms with E-state index >= 15 is 0 Å². The van der Waals surface area contributed by atoms with E-state index in [1.807, 2.05) is 0 Å². The van der Waals surface area contributed by atoms with Crippen molar-refractivity contribution in [2.45, 2.75) is 20.3 Å². The standard InChI is InChI=1S/C15H13Cl2NO4/c1-8-12(9(2)22-18-8)6-15(20)21-7-14(19)11-4-3-10(16)5-13(11)17/h3-5H,6-7H2,1-2H3. The van der Waals surface area contributed by atoms with Crippen LogP contribution in [0.3, 0.4) is 0 Å². The van der Waals surface area contributed by atoms with Crippen LogP contribution in [0.4, 0.5) is 0 Å². The van der Waals surface area contributed by atoms with E-state index in [1.54, 1.807) is 19.9 Å². The molecule has 0 aliphatic carbocycles. The summed E-state index contributed by atoms with van der Waals surface area (Å²) in [5.41, 5.74) is 1.56. The zero-order valence-electron chi connectivity index (χ0n) is 12.0. The van der Waals surface area contributed by atoms with Gasteiger partial charge < -0.3 is 9.26 Å². The molecule has 0 unspecified atom stereocenters. The van der Waals surface area contributed by atoms with E-state index < -0.39 is 11.8 Å². The molecule has 0 spiro atoms. The van der Waals surface area contributed by atoms with Gasteiger partial charge in [0.1, 0.15) is 5.76 Å². The van der Waals surface area contributed by atoms with Crippen molar-refractivity contribution in [3.63, 3.8) is 0 Å². The predicted molar refractivity (Wildman–Crippen MR) is 81.4 cm³/mol. The molecule has 0 atom stereocenters. The molecule has 0 fully saturated rings. The fourth-order valence-corrected chi connectivity index (χ4v) is 2.40. The number of Topliss-reactive ketones (excluding diaryl/α,β-unsaturated/α-hetero) is 1. The summed E-state index contributed by atoms with van der Waals surface area (Å²) in [6.07, 6.45) is 0.00277.